The molecule has 1 aromatic rings. The molecule has 6 nitrogen and oxygen atoms in total. The van der Waals surface area contributed by atoms with Crippen molar-refractivity contribution in [3.63, 3.8) is 0 Å². The average Bonchev–Trinajstić information content (AvgIpc) is 2.28. The van der Waals surface area contributed by atoms with Crippen LogP contribution in [0.25, 0.3) is 0 Å². The van der Waals surface area contributed by atoms with Crippen LogP contribution >= 0.6 is 0 Å². The maximum Gasteiger partial charge on any atom is 0.323 e. The monoisotopic (exact) mass is 242 g/mol. The van der Waals surface area contributed by atoms with Gasteiger partial charge in [-0.05, 0) is 20.8 Å². The molecule has 0 spiro atoms. The van der Waals surface area contributed by atoms with Gasteiger partial charge >= 0.3 is 6.01 Å². The second kappa shape index (κ2) is 6.24. The highest BCUT2D eigenvalue weighted by Gasteiger charge is 2.17. The summed E-state index contributed by atoms with van der Waals surface area (Å²) in [6.07, 6.45) is -0.0608. The van der Waals surface area contributed by atoms with Gasteiger partial charge in [0.2, 0.25) is 11.8 Å². The molecule has 0 saturated carbocycles. The van der Waals surface area contributed by atoms with E-state index in [1.54, 1.807) is 0 Å². The molecule has 0 amide bonds. The minimum absolute atomic E-state index is 0.0608. The maximum absolute atomic E-state index is 9.28. The lowest BCUT2D eigenvalue weighted by molar-refractivity contribution is 0.203. The molecule has 0 aliphatic carbocycles. The van der Waals surface area contributed by atoms with Crippen molar-refractivity contribution in [2.24, 2.45) is 0 Å². The van der Waals surface area contributed by atoms with Crippen molar-refractivity contribution in [1.82, 2.24) is 9.97 Å². The zero-order chi connectivity index (χ0) is 12.8. The van der Waals surface area contributed by atoms with Crippen LogP contribution in [0.5, 0.6) is 17.8 Å². The Kier molecular flexibility index (Phi) is 4.96. The minimum Gasteiger partial charge on any atom is -0.480 e. The Balaban J connectivity index is 3.16. The lowest BCUT2D eigenvalue weighted by atomic mass is 10.3. The second-order valence-electron chi connectivity index (χ2n) is 3.56. The zero-order valence-corrected chi connectivity index (χ0v) is 10.6. The SMILES string of the molecule is CCOc1nc(OC)c(CO)c(OC(C)C)n1. The molecule has 1 rings (SSSR count). The van der Waals surface area contributed by atoms with Crippen molar-refractivity contribution in [3.8, 4) is 17.8 Å². The van der Waals surface area contributed by atoms with Crippen LogP contribution in [0.1, 0.15) is 26.3 Å². The van der Waals surface area contributed by atoms with E-state index in [-0.39, 0.29) is 30.5 Å². The molecule has 6 heteroatoms. The number of aromatic nitrogens is 2. The molecule has 1 N–H and O–H groups in total. The fourth-order valence-electron chi connectivity index (χ4n) is 1.24. The van der Waals surface area contributed by atoms with E-state index in [2.05, 4.69) is 9.97 Å². The quantitative estimate of drug-likeness (QED) is 0.807. The largest absolute Gasteiger partial charge is 0.480 e. The number of rotatable bonds is 6. The van der Waals surface area contributed by atoms with Gasteiger partial charge in [-0.15, -0.1) is 0 Å². The molecular formula is C11H18N2O4. The first-order chi connectivity index (χ1) is 8.12. The smallest absolute Gasteiger partial charge is 0.323 e. The number of nitrogens with zero attached hydrogens (tertiary/aromatic N) is 2. The van der Waals surface area contributed by atoms with E-state index < -0.39 is 0 Å². The summed E-state index contributed by atoms with van der Waals surface area (Å²) in [5.74, 6) is 0.555. The second-order valence-corrected chi connectivity index (χ2v) is 3.56. The van der Waals surface area contributed by atoms with Crippen molar-refractivity contribution in [2.75, 3.05) is 13.7 Å². The number of methoxy groups -OCH3 is 1. The van der Waals surface area contributed by atoms with Crippen molar-refractivity contribution in [3.05, 3.63) is 5.56 Å². The predicted molar refractivity (Wildman–Crippen MR) is 61.4 cm³/mol. The van der Waals surface area contributed by atoms with E-state index in [9.17, 15) is 5.11 Å². The first kappa shape index (κ1) is 13.5. The van der Waals surface area contributed by atoms with Crippen molar-refractivity contribution >= 4 is 0 Å². The molecule has 0 radical (unpaired) electrons. The van der Waals surface area contributed by atoms with Gasteiger partial charge in [-0.2, -0.15) is 9.97 Å². The number of aliphatic hydroxyl groups is 1. The summed E-state index contributed by atoms with van der Waals surface area (Å²) in [4.78, 5) is 8.11. The van der Waals surface area contributed by atoms with Gasteiger partial charge < -0.3 is 19.3 Å². The topological polar surface area (TPSA) is 73.7 Å². The van der Waals surface area contributed by atoms with Gasteiger partial charge in [0.15, 0.2) is 0 Å². The summed E-state index contributed by atoms with van der Waals surface area (Å²) in [5.41, 5.74) is 0.421. The van der Waals surface area contributed by atoms with E-state index in [1.165, 1.54) is 7.11 Å². The van der Waals surface area contributed by atoms with E-state index in [1.807, 2.05) is 20.8 Å². The van der Waals surface area contributed by atoms with Crippen LogP contribution < -0.4 is 14.2 Å². The van der Waals surface area contributed by atoms with E-state index >= 15 is 0 Å². The van der Waals surface area contributed by atoms with Crippen LogP contribution in [-0.4, -0.2) is 34.9 Å². The summed E-state index contributed by atoms with van der Waals surface area (Å²) < 4.78 is 15.8. The first-order valence-corrected chi connectivity index (χ1v) is 5.47. The number of aliphatic hydroxyl groups excluding tert-OH is 1. The Hall–Kier alpha value is -1.56. The van der Waals surface area contributed by atoms with E-state index in [0.717, 1.165) is 0 Å². The molecule has 0 saturated heterocycles. The zero-order valence-electron chi connectivity index (χ0n) is 10.6. The summed E-state index contributed by atoms with van der Waals surface area (Å²) in [7, 11) is 1.47. The Morgan fingerprint density at radius 3 is 2.35 bits per heavy atom. The third-order valence-corrected chi connectivity index (χ3v) is 1.88. The van der Waals surface area contributed by atoms with Crippen LogP contribution in [0, 0.1) is 0 Å². The Bertz CT molecular complexity index is 369. The highest BCUT2D eigenvalue weighted by molar-refractivity contribution is 5.36. The Morgan fingerprint density at radius 2 is 1.88 bits per heavy atom. The van der Waals surface area contributed by atoms with Gasteiger partial charge in [0.25, 0.3) is 0 Å². The van der Waals surface area contributed by atoms with Crippen LogP contribution in [0.15, 0.2) is 0 Å². The van der Waals surface area contributed by atoms with Crippen molar-refractivity contribution in [2.45, 2.75) is 33.5 Å². The summed E-state index contributed by atoms with van der Waals surface area (Å²) in [6, 6.07) is 0.178. The molecule has 17 heavy (non-hydrogen) atoms. The average molecular weight is 242 g/mol. The maximum atomic E-state index is 9.28. The van der Waals surface area contributed by atoms with Crippen molar-refractivity contribution < 1.29 is 19.3 Å². The van der Waals surface area contributed by atoms with Crippen molar-refractivity contribution in [1.29, 1.82) is 0 Å². The normalized spacial score (nSPS) is 10.5. The van der Waals surface area contributed by atoms with Crippen LogP contribution in [-0.2, 0) is 6.61 Å². The molecule has 96 valence electrons. The molecule has 1 heterocycles. The van der Waals surface area contributed by atoms with Crippen LogP contribution in [0.3, 0.4) is 0 Å². The molecule has 1 aromatic heterocycles. The number of hydrogen-bond acceptors (Lipinski definition) is 6. The Morgan fingerprint density at radius 1 is 1.24 bits per heavy atom. The lowest BCUT2D eigenvalue weighted by Crippen LogP contribution is -2.12. The van der Waals surface area contributed by atoms with Gasteiger partial charge in [-0.3, -0.25) is 0 Å². The summed E-state index contributed by atoms with van der Waals surface area (Å²) in [5, 5.41) is 9.28. The lowest BCUT2D eigenvalue weighted by Gasteiger charge is -2.15. The standard InChI is InChI=1S/C11H18N2O4/c1-5-16-11-12-9(15-4)8(6-14)10(13-11)17-7(2)3/h7,14H,5-6H2,1-4H3. The highest BCUT2D eigenvalue weighted by atomic mass is 16.5. The number of hydrogen-bond donors (Lipinski definition) is 1. The van der Waals surface area contributed by atoms with E-state index in [0.29, 0.717) is 12.2 Å². The third kappa shape index (κ3) is 3.45. The fraction of sp³-hybridized carbons (Fsp3) is 0.636. The Labute approximate surface area is 101 Å². The summed E-state index contributed by atoms with van der Waals surface area (Å²) in [6.45, 7) is 5.77. The van der Waals surface area contributed by atoms with Gasteiger partial charge in [0.05, 0.1) is 26.4 Å². The first-order valence-electron chi connectivity index (χ1n) is 5.47. The predicted octanol–water partition coefficient (Wildman–Crippen LogP) is 1.16. The molecule has 0 atom stereocenters. The van der Waals surface area contributed by atoms with Gasteiger partial charge in [-0.1, -0.05) is 0 Å². The third-order valence-electron chi connectivity index (χ3n) is 1.88. The molecule has 0 bridgehead atoms. The van der Waals surface area contributed by atoms with Crippen LogP contribution in [0.2, 0.25) is 0 Å². The molecule has 0 aliphatic heterocycles. The minimum atomic E-state index is -0.252. The van der Waals surface area contributed by atoms with Gasteiger partial charge in [0, 0.05) is 0 Å². The van der Waals surface area contributed by atoms with E-state index in [4.69, 9.17) is 14.2 Å². The van der Waals surface area contributed by atoms with Gasteiger partial charge in [-0.25, -0.2) is 0 Å². The highest BCUT2D eigenvalue weighted by Crippen LogP contribution is 2.28. The molecule has 0 unspecified atom stereocenters. The molecule has 0 fully saturated rings. The molecular weight excluding hydrogens is 224 g/mol. The van der Waals surface area contributed by atoms with Crippen LogP contribution in [0.4, 0.5) is 0 Å². The molecule has 0 aromatic carbocycles. The number of ether oxygens (including phenoxy) is 3. The fourth-order valence-corrected chi connectivity index (χ4v) is 1.24. The summed E-state index contributed by atoms with van der Waals surface area (Å²) >= 11 is 0. The van der Waals surface area contributed by atoms with Gasteiger partial charge in [0.1, 0.15) is 5.56 Å². The molecule has 0 aliphatic rings.